The Morgan fingerprint density at radius 2 is 2.00 bits per heavy atom. The van der Waals surface area contributed by atoms with E-state index in [1.165, 1.54) is 11.1 Å². The van der Waals surface area contributed by atoms with Crippen molar-refractivity contribution in [2.24, 2.45) is 0 Å². The summed E-state index contributed by atoms with van der Waals surface area (Å²) in [4.78, 5) is 10.9. The number of fused-ring (bicyclic) bond motifs is 1. The predicted octanol–water partition coefficient (Wildman–Crippen LogP) is 3.77. The van der Waals surface area contributed by atoms with Crippen molar-refractivity contribution < 1.29 is 14.6 Å². The molecule has 0 fully saturated rings. The molecule has 3 rings (SSSR count). The Bertz CT molecular complexity index is 634. The molecule has 0 spiro atoms. The van der Waals surface area contributed by atoms with Gasteiger partial charge in [0.15, 0.2) is 0 Å². The molecule has 0 aromatic heterocycles. The highest BCUT2D eigenvalue weighted by atomic mass is 16.5. The molecule has 1 atom stereocenters. The van der Waals surface area contributed by atoms with E-state index in [4.69, 9.17) is 9.84 Å². The molecule has 0 saturated carbocycles. The molecule has 0 bridgehead atoms. The summed E-state index contributed by atoms with van der Waals surface area (Å²) in [5, 5.41) is 8.94. The number of carbonyl (C=O) groups is 1. The molecule has 21 heavy (non-hydrogen) atoms. The van der Waals surface area contributed by atoms with Crippen molar-refractivity contribution in [1.82, 2.24) is 0 Å². The van der Waals surface area contributed by atoms with Crippen molar-refractivity contribution in [3.8, 4) is 5.75 Å². The van der Waals surface area contributed by atoms with Gasteiger partial charge in [-0.25, -0.2) is 0 Å². The van der Waals surface area contributed by atoms with Crippen LogP contribution in [0.4, 0.5) is 0 Å². The van der Waals surface area contributed by atoms with E-state index in [1.807, 2.05) is 42.5 Å². The molecule has 3 nitrogen and oxygen atoms in total. The first-order valence-electron chi connectivity index (χ1n) is 7.24. The Morgan fingerprint density at radius 1 is 1.19 bits per heavy atom. The summed E-state index contributed by atoms with van der Waals surface area (Å²) in [6.45, 7) is 0.554. The fraction of sp³-hybridized carbons (Fsp3) is 0.278. The standard InChI is InChI=1S/C18H18O3/c19-18(20)11-15-7-6-14-10-16(8-9-17(14)15)21-12-13-4-2-1-3-5-13/h1-5,8-10,15H,6-7,11-12H2,(H,19,20). The quantitative estimate of drug-likeness (QED) is 0.908. The minimum absolute atomic E-state index is 0.153. The Kier molecular flexibility index (Phi) is 3.91. The summed E-state index contributed by atoms with van der Waals surface area (Å²) in [5.74, 6) is 0.284. The largest absolute Gasteiger partial charge is 0.489 e. The molecule has 1 N–H and O–H groups in total. The lowest BCUT2D eigenvalue weighted by molar-refractivity contribution is -0.137. The van der Waals surface area contributed by atoms with Gasteiger partial charge in [0.2, 0.25) is 0 Å². The number of hydrogen-bond donors (Lipinski definition) is 1. The molecule has 1 aliphatic rings. The Morgan fingerprint density at radius 3 is 2.76 bits per heavy atom. The lowest BCUT2D eigenvalue weighted by Gasteiger charge is -2.11. The van der Waals surface area contributed by atoms with Crippen LogP contribution in [0.2, 0.25) is 0 Å². The number of ether oxygens (including phenoxy) is 1. The molecule has 1 aliphatic carbocycles. The van der Waals surface area contributed by atoms with Crippen LogP contribution in [-0.4, -0.2) is 11.1 Å². The molecule has 0 aliphatic heterocycles. The normalized spacial score (nSPS) is 16.5. The zero-order chi connectivity index (χ0) is 14.7. The van der Waals surface area contributed by atoms with Crippen molar-refractivity contribution in [1.29, 1.82) is 0 Å². The first-order valence-corrected chi connectivity index (χ1v) is 7.24. The third-order valence-corrected chi connectivity index (χ3v) is 3.99. The Labute approximate surface area is 124 Å². The predicted molar refractivity (Wildman–Crippen MR) is 80.5 cm³/mol. The lowest BCUT2D eigenvalue weighted by atomic mass is 9.98. The van der Waals surface area contributed by atoms with Crippen molar-refractivity contribution in [2.75, 3.05) is 0 Å². The van der Waals surface area contributed by atoms with E-state index in [2.05, 4.69) is 6.07 Å². The van der Waals surface area contributed by atoms with Gasteiger partial charge in [-0.05, 0) is 47.6 Å². The number of benzene rings is 2. The summed E-state index contributed by atoms with van der Waals surface area (Å²) < 4.78 is 5.82. The average molecular weight is 282 g/mol. The number of aryl methyl sites for hydroxylation is 1. The topological polar surface area (TPSA) is 46.5 Å². The van der Waals surface area contributed by atoms with Crippen LogP contribution >= 0.6 is 0 Å². The van der Waals surface area contributed by atoms with Gasteiger partial charge in [0.1, 0.15) is 12.4 Å². The molecule has 3 heteroatoms. The molecule has 0 amide bonds. The lowest BCUT2D eigenvalue weighted by Crippen LogP contribution is -2.03. The van der Waals surface area contributed by atoms with E-state index in [9.17, 15) is 4.79 Å². The van der Waals surface area contributed by atoms with E-state index in [1.54, 1.807) is 0 Å². The number of carboxylic acid groups (broad SMARTS) is 1. The highest BCUT2D eigenvalue weighted by molar-refractivity contribution is 5.68. The third-order valence-electron chi connectivity index (χ3n) is 3.99. The number of hydrogen-bond acceptors (Lipinski definition) is 2. The average Bonchev–Trinajstić information content (AvgIpc) is 2.88. The molecule has 2 aromatic carbocycles. The minimum Gasteiger partial charge on any atom is -0.489 e. The first kappa shape index (κ1) is 13.7. The van der Waals surface area contributed by atoms with Gasteiger partial charge in [0.25, 0.3) is 0 Å². The molecule has 0 heterocycles. The van der Waals surface area contributed by atoms with Crippen molar-refractivity contribution in [2.45, 2.75) is 31.8 Å². The maximum atomic E-state index is 10.9. The zero-order valence-corrected chi connectivity index (χ0v) is 11.8. The molecule has 1 unspecified atom stereocenters. The monoisotopic (exact) mass is 282 g/mol. The smallest absolute Gasteiger partial charge is 0.303 e. The van der Waals surface area contributed by atoms with Crippen LogP contribution in [0.15, 0.2) is 48.5 Å². The zero-order valence-electron chi connectivity index (χ0n) is 11.8. The van der Waals surface area contributed by atoms with Crippen molar-refractivity contribution in [3.05, 3.63) is 65.2 Å². The van der Waals surface area contributed by atoms with Gasteiger partial charge in [0.05, 0.1) is 6.42 Å². The number of rotatable bonds is 5. The second-order valence-corrected chi connectivity index (χ2v) is 5.47. The van der Waals surface area contributed by atoms with Crippen LogP contribution in [0.5, 0.6) is 5.75 Å². The minimum atomic E-state index is -0.725. The maximum Gasteiger partial charge on any atom is 0.303 e. The van der Waals surface area contributed by atoms with Gasteiger partial charge >= 0.3 is 5.97 Å². The maximum absolute atomic E-state index is 10.9. The van der Waals surface area contributed by atoms with Gasteiger partial charge in [-0.2, -0.15) is 0 Å². The van der Waals surface area contributed by atoms with E-state index < -0.39 is 5.97 Å². The van der Waals surface area contributed by atoms with Gasteiger partial charge in [-0.15, -0.1) is 0 Å². The summed E-state index contributed by atoms with van der Waals surface area (Å²) >= 11 is 0. The Hall–Kier alpha value is -2.29. The Balaban J connectivity index is 1.68. The van der Waals surface area contributed by atoms with E-state index in [-0.39, 0.29) is 12.3 Å². The van der Waals surface area contributed by atoms with Crippen LogP contribution in [0, 0.1) is 0 Å². The van der Waals surface area contributed by atoms with Crippen LogP contribution in [-0.2, 0) is 17.8 Å². The molecule has 0 saturated heterocycles. The van der Waals surface area contributed by atoms with E-state index in [0.29, 0.717) is 6.61 Å². The van der Waals surface area contributed by atoms with Crippen LogP contribution in [0.25, 0.3) is 0 Å². The molecule has 108 valence electrons. The summed E-state index contributed by atoms with van der Waals surface area (Å²) in [7, 11) is 0. The number of carboxylic acids is 1. The fourth-order valence-electron chi connectivity index (χ4n) is 2.94. The van der Waals surface area contributed by atoms with E-state index in [0.717, 1.165) is 24.2 Å². The second kappa shape index (κ2) is 6.00. The highest BCUT2D eigenvalue weighted by Crippen LogP contribution is 2.37. The molecular formula is C18H18O3. The number of aliphatic carboxylic acids is 1. The van der Waals surface area contributed by atoms with Gasteiger partial charge in [-0.3, -0.25) is 4.79 Å². The van der Waals surface area contributed by atoms with Gasteiger partial charge in [-0.1, -0.05) is 36.4 Å². The first-order chi connectivity index (χ1) is 10.2. The summed E-state index contributed by atoms with van der Waals surface area (Å²) in [6.07, 6.45) is 2.08. The van der Waals surface area contributed by atoms with Crippen LogP contribution < -0.4 is 4.74 Å². The molecular weight excluding hydrogens is 264 g/mol. The molecule has 2 aromatic rings. The fourth-order valence-corrected chi connectivity index (χ4v) is 2.94. The van der Waals surface area contributed by atoms with Crippen molar-refractivity contribution in [3.63, 3.8) is 0 Å². The summed E-state index contributed by atoms with van der Waals surface area (Å²) in [5.41, 5.74) is 3.54. The SMILES string of the molecule is O=C(O)CC1CCc2cc(OCc3ccccc3)ccc21. The van der Waals surface area contributed by atoms with E-state index >= 15 is 0 Å². The van der Waals surface area contributed by atoms with Crippen molar-refractivity contribution >= 4 is 5.97 Å². The van der Waals surface area contributed by atoms with Gasteiger partial charge in [0, 0.05) is 0 Å². The van der Waals surface area contributed by atoms with Crippen LogP contribution in [0.3, 0.4) is 0 Å². The summed E-state index contributed by atoms with van der Waals surface area (Å²) in [6, 6.07) is 16.1. The second-order valence-electron chi connectivity index (χ2n) is 5.47. The van der Waals surface area contributed by atoms with Crippen LogP contribution in [0.1, 0.15) is 35.4 Å². The van der Waals surface area contributed by atoms with Gasteiger partial charge < -0.3 is 9.84 Å². The molecule has 0 radical (unpaired) electrons. The third kappa shape index (κ3) is 3.24. The highest BCUT2D eigenvalue weighted by Gasteiger charge is 2.24.